The van der Waals surface area contributed by atoms with Gasteiger partial charge in [0.25, 0.3) is 10.0 Å². The second-order valence-corrected chi connectivity index (χ2v) is 11.9. The van der Waals surface area contributed by atoms with Gasteiger partial charge in [0.2, 0.25) is 5.91 Å². The molecule has 0 unspecified atom stereocenters. The van der Waals surface area contributed by atoms with E-state index in [1.807, 2.05) is 57.2 Å². The van der Waals surface area contributed by atoms with E-state index in [-0.39, 0.29) is 30.0 Å². The highest BCUT2D eigenvalue weighted by Crippen LogP contribution is 2.31. The minimum Gasteiger partial charge on any atom is -0.491 e. The predicted octanol–water partition coefficient (Wildman–Crippen LogP) is 5.30. The number of amides is 1. The lowest BCUT2D eigenvalue weighted by Crippen LogP contribution is -2.42. The van der Waals surface area contributed by atoms with Crippen molar-refractivity contribution in [2.75, 3.05) is 24.0 Å². The summed E-state index contributed by atoms with van der Waals surface area (Å²) in [6, 6.07) is 20.0. The molecular formula is C29H36N2O4S. The van der Waals surface area contributed by atoms with E-state index in [0.717, 1.165) is 28.0 Å². The molecule has 0 aliphatic heterocycles. The predicted molar refractivity (Wildman–Crippen MR) is 145 cm³/mol. The lowest BCUT2D eigenvalue weighted by Gasteiger charge is -2.26. The van der Waals surface area contributed by atoms with Crippen LogP contribution >= 0.6 is 0 Å². The number of nitrogens with zero attached hydrogens (tertiary/aromatic N) is 1. The molecule has 0 aliphatic carbocycles. The molecule has 0 heterocycles. The van der Waals surface area contributed by atoms with Crippen LogP contribution in [0.3, 0.4) is 0 Å². The fraction of sp³-hybridized carbons (Fsp3) is 0.345. The maximum absolute atomic E-state index is 13.6. The third-order valence-corrected chi connectivity index (χ3v) is 7.67. The van der Waals surface area contributed by atoms with E-state index < -0.39 is 15.9 Å². The van der Waals surface area contributed by atoms with Crippen LogP contribution < -0.4 is 14.4 Å². The minimum absolute atomic E-state index is 0.0728. The van der Waals surface area contributed by atoms with E-state index in [1.54, 1.807) is 30.3 Å². The molecule has 7 heteroatoms. The van der Waals surface area contributed by atoms with Gasteiger partial charge in [-0.3, -0.25) is 9.10 Å². The number of rotatable bonds is 9. The quantitative estimate of drug-likeness (QED) is 0.398. The Bertz CT molecular complexity index is 1310. The average molecular weight is 509 g/mol. The van der Waals surface area contributed by atoms with Crippen LogP contribution in [0.25, 0.3) is 0 Å². The summed E-state index contributed by atoms with van der Waals surface area (Å²) < 4.78 is 34.3. The number of benzene rings is 3. The molecule has 6 nitrogen and oxygen atoms in total. The second-order valence-electron chi connectivity index (χ2n) is 10.1. The first-order valence-corrected chi connectivity index (χ1v) is 13.5. The lowest BCUT2D eigenvalue weighted by atomic mass is 9.86. The summed E-state index contributed by atoms with van der Waals surface area (Å²) in [7, 11) is -3.96. The minimum atomic E-state index is -3.96. The molecule has 0 fully saturated rings. The van der Waals surface area contributed by atoms with E-state index >= 15 is 0 Å². The van der Waals surface area contributed by atoms with Gasteiger partial charge >= 0.3 is 0 Å². The van der Waals surface area contributed by atoms with E-state index in [2.05, 4.69) is 26.1 Å². The third-order valence-electron chi connectivity index (χ3n) is 5.89. The molecule has 0 spiro atoms. The number of ether oxygens (including phenoxy) is 1. The first-order chi connectivity index (χ1) is 16.9. The van der Waals surface area contributed by atoms with Crippen molar-refractivity contribution in [3.05, 3.63) is 89.0 Å². The van der Waals surface area contributed by atoms with Crippen molar-refractivity contribution >= 4 is 21.6 Å². The van der Waals surface area contributed by atoms with Crippen LogP contribution in [0.4, 0.5) is 5.69 Å². The summed E-state index contributed by atoms with van der Waals surface area (Å²) in [6.45, 7) is 12.2. The maximum Gasteiger partial charge on any atom is 0.264 e. The highest BCUT2D eigenvalue weighted by Gasteiger charge is 2.28. The number of aryl methyl sites for hydroxylation is 3. The van der Waals surface area contributed by atoms with Crippen LogP contribution in [0, 0.1) is 20.8 Å². The molecule has 1 amide bonds. The number of carbonyl (C=O) groups is 1. The number of sulfonamides is 1. The first kappa shape index (κ1) is 27.3. The van der Waals surface area contributed by atoms with Crippen LogP contribution in [0.1, 0.15) is 43.0 Å². The normalized spacial score (nSPS) is 11.7. The molecule has 0 bridgehead atoms. The molecular weight excluding hydrogens is 472 g/mol. The van der Waals surface area contributed by atoms with Crippen molar-refractivity contribution in [3.63, 3.8) is 0 Å². The number of nitrogens with one attached hydrogen (secondary N) is 1. The molecule has 0 aromatic heterocycles. The van der Waals surface area contributed by atoms with Gasteiger partial charge in [0.1, 0.15) is 18.9 Å². The largest absolute Gasteiger partial charge is 0.491 e. The number of anilines is 1. The maximum atomic E-state index is 13.6. The Morgan fingerprint density at radius 2 is 1.56 bits per heavy atom. The van der Waals surface area contributed by atoms with Gasteiger partial charge in [-0.15, -0.1) is 0 Å². The summed E-state index contributed by atoms with van der Waals surface area (Å²) in [5, 5.41) is 2.80. The summed E-state index contributed by atoms with van der Waals surface area (Å²) in [5.41, 5.74) is 4.24. The van der Waals surface area contributed by atoms with Crippen molar-refractivity contribution in [2.45, 2.75) is 51.9 Å². The van der Waals surface area contributed by atoms with Crippen LogP contribution in [0.5, 0.6) is 5.75 Å². The van der Waals surface area contributed by atoms with Gasteiger partial charge in [-0.05, 0) is 61.6 Å². The van der Waals surface area contributed by atoms with Gasteiger partial charge in [-0.25, -0.2) is 8.42 Å². The number of hydrogen-bond donors (Lipinski definition) is 1. The summed E-state index contributed by atoms with van der Waals surface area (Å²) in [5.74, 6) is 0.372. The highest BCUT2D eigenvalue weighted by atomic mass is 32.2. The van der Waals surface area contributed by atoms with Crippen molar-refractivity contribution in [1.82, 2.24) is 5.32 Å². The van der Waals surface area contributed by atoms with Crippen molar-refractivity contribution < 1.29 is 17.9 Å². The Balaban J connectivity index is 1.74. The van der Waals surface area contributed by atoms with Gasteiger partial charge in [0.15, 0.2) is 0 Å². The molecule has 3 aromatic carbocycles. The summed E-state index contributed by atoms with van der Waals surface area (Å²) in [6.07, 6.45) is 0. The zero-order valence-electron chi connectivity index (χ0n) is 22.0. The fourth-order valence-electron chi connectivity index (χ4n) is 3.97. The Morgan fingerprint density at radius 3 is 2.19 bits per heavy atom. The smallest absolute Gasteiger partial charge is 0.264 e. The first-order valence-electron chi connectivity index (χ1n) is 12.1. The van der Waals surface area contributed by atoms with Gasteiger partial charge in [-0.2, -0.15) is 0 Å². The van der Waals surface area contributed by atoms with Crippen LogP contribution in [0.15, 0.2) is 71.6 Å². The fourth-order valence-corrected chi connectivity index (χ4v) is 5.46. The monoisotopic (exact) mass is 508 g/mol. The SMILES string of the molecule is Cc1ccc(S(=O)(=O)N(CC(=O)NCCOc2ccccc2C(C)(C)C)c2ccc(C)cc2C)cc1. The summed E-state index contributed by atoms with van der Waals surface area (Å²) in [4.78, 5) is 13.0. The molecule has 36 heavy (non-hydrogen) atoms. The van der Waals surface area contributed by atoms with Gasteiger partial charge < -0.3 is 10.1 Å². The van der Waals surface area contributed by atoms with Crippen LogP contribution in [0.2, 0.25) is 0 Å². The lowest BCUT2D eigenvalue weighted by molar-refractivity contribution is -0.119. The second kappa shape index (κ2) is 11.2. The van der Waals surface area contributed by atoms with Crippen molar-refractivity contribution in [3.8, 4) is 5.75 Å². The van der Waals surface area contributed by atoms with Crippen molar-refractivity contribution in [1.29, 1.82) is 0 Å². The van der Waals surface area contributed by atoms with Crippen molar-refractivity contribution in [2.24, 2.45) is 0 Å². The summed E-state index contributed by atoms with van der Waals surface area (Å²) >= 11 is 0. The molecule has 3 aromatic rings. The van der Waals surface area contributed by atoms with Gasteiger partial charge in [-0.1, -0.05) is 74.4 Å². The standard InChI is InChI=1S/C29H36N2O4S/c1-21-11-14-24(15-12-21)36(33,34)31(26-16-13-22(2)19-23(26)3)20-28(32)30-17-18-35-27-10-8-7-9-25(27)29(4,5)6/h7-16,19H,17-18,20H2,1-6H3,(H,30,32). The molecule has 0 atom stereocenters. The van der Waals surface area contributed by atoms with E-state index in [9.17, 15) is 13.2 Å². The molecule has 192 valence electrons. The molecule has 3 rings (SSSR count). The van der Waals surface area contributed by atoms with Gasteiger partial charge in [0.05, 0.1) is 17.1 Å². The Kier molecular flexibility index (Phi) is 8.46. The highest BCUT2D eigenvalue weighted by molar-refractivity contribution is 7.92. The zero-order valence-corrected chi connectivity index (χ0v) is 22.8. The number of hydrogen-bond acceptors (Lipinski definition) is 4. The third kappa shape index (κ3) is 6.66. The zero-order chi connectivity index (χ0) is 26.5. The average Bonchev–Trinajstić information content (AvgIpc) is 2.80. The molecule has 1 N–H and O–H groups in total. The molecule has 0 aliphatic rings. The topological polar surface area (TPSA) is 75.7 Å². The number of carbonyl (C=O) groups excluding carboxylic acids is 1. The van der Waals surface area contributed by atoms with Crippen LogP contribution in [-0.4, -0.2) is 34.0 Å². The van der Waals surface area contributed by atoms with Crippen LogP contribution in [-0.2, 0) is 20.2 Å². The Morgan fingerprint density at radius 1 is 0.917 bits per heavy atom. The molecule has 0 radical (unpaired) electrons. The molecule has 0 saturated heterocycles. The Hall–Kier alpha value is -3.32. The van der Waals surface area contributed by atoms with E-state index in [1.165, 1.54) is 4.31 Å². The number of para-hydroxylation sites is 1. The van der Waals surface area contributed by atoms with Gasteiger partial charge in [0, 0.05) is 0 Å². The van der Waals surface area contributed by atoms with E-state index in [4.69, 9.17) is 4.74 Å². The molecule has 0 saturated carbocycles. The Labute approximate surface area is 215 Å². The van der Waals surface area contributed by atoms with E-state index in [0.29, 0.717) is 5.69 Å².